The van der Waals surface area contributed by atoms with E-state index in [4.69, 9.17) is 10.6 Å². The first-order valence-electron chi connectivity index (χ1n) is 4.89. The number of rotatable bonds is 4. The fourth-order valence-electron chi connectivity index (χ4n) is 1.30. The van der Waals surface area contributed by atoms with Crippen LogP contribution in [-0.2, 0) is 6.61 Å². The maximum Gasteiger partial charge on any atom is 0.197 e. The molecule has 2 aromatic rings. The summed E-state index contributed by atoms with van der Waals surface area (Å²) in [6.45, 7) is 2.55. The van der Waals surface area contributed by atoms with Gasteiger partial charge in [0.15, 0.2) is 5.13 Å². The Bertz CT molecular complexity index is 470. The number of hydrazine groups is 1. The van der Waals surface area contributed by atoms with Gasteiger partial charge in [-0.15, -0.1) is 0 Å². The molecule has 0 saturated heterocycles. The summed E-state index contributed by atoms with van der Waals surface area (Å²) < 4.78 is 5.63. The number of nitrogen functional groups attached to an aromatic ring is 1. The average Bonchev–Trinajstić information content (AvgIpc) is 2.74. The third-order valence-corrected chi connectivity index (χ3v) is 2.95. The molecule has 84 valence electrons. The maximum atomic E-state index is 5.63. The Morgan fingerprint density at radius 2 is 2.38 bits per heavy atom. The fourth-order valence-corrected chi connectivity index (χ4v) is 1.94. The van der Waals surface area contributed by atoms with Gasteiger partial charge in [-0.1, -0.05) is 23.5 Å². The number of hydrogen-bond donors (Lipinski definition) is 2. The molecular formula is C11H13N3OS. The molecule has 0 amide bonds. The molecule has 0 spiro atoms. The van der Waals surface area contributed by atoms with Gasteiger partial charge in [-0.05, 0) is 24.6 Å². The fraction of sp³-hybridized carbons (Fsp3) is 0.182. The van der Waals surface area contributed by atoms with Crippen molar-refractivity contribution in [2.45, 2.75) is 13.5 Å². The van der Waals surface area contributed by atoms with E-state index in [0.29, 0.717) is 11.7 Å². The molecule has 16 heavy (non-hydrogen) atoms. The summed E-state index contributed by atoms with van der Waals surface area (Å²) in [5.74, 6) is 6.12. The lowest BCUT2D eigenvalue weighted by atomic mass is 10.2. The summed E-state index contributed by atoms with van der Waals surface area (Å²) >= 11 is 1.48. The van der Waals surface area contributed by atoms with Crippen LogP contribution in [0.15, 0.2) is 30.5 Å². The number of hydrogen-bond acceptors (Lipinski definition) is 5. The first kappa shape index (κ1) is 10.9. The number of nitrogens with one attached hydrogen (secondary N) is 1. The highest BCUT2D eigenvalue weighted by Gasteiger charge is 2.01. The van der Waals surface area contributed by atoms with E-state index in [0.717, 1.165) is 10.6 Å². The molecule has 3 N–H and O–H groups in total. The van der Waals surface area contributed by atoms with Crippen LogP contribution in [-0.4, -0.2) is 4.98 Å². The third-order valence-electron chi connectivity index (χ3n) is 2.05. The van der Waals surface area contributed by atoms with E-state index in [9.17, 15) is 0 Å². The van der Waals surface area contributed by atoms with E-state index in [1.807, 2.05) is 31.2 Å². The molecule has 0 unspecified atom stereocenters. The van der Waals surface area contributed by atoms with Crippen molar-refractivity contribution >= 4 is 16.5 Å². The summed E-state index contributed by atoms with van der Waals surface area (Å²) in [4.78, 5) is 5.10. The standard InChI is InChI=1S/C11H13N3OS/c1-8-3-2-4-9(5-8)15-7-10-6-13-11(14-12)16-10/h2-6H,7,12H2,1H3,(H,13,14). The Morgan fingerprint density at radius 3 is 3.06 bits per heavy atom. The average molecular weight is 235 g/mol. The Labute approximate surface area is 98.1 Å². The molecule has 0 aliphatic heterocycles. The van der Waals surface area contributed by atoms with Crippen molar-refractivity contribution in [3.63, 3.8) is 0 Å². The van der Waals surface area contributed by atoms with Gasteiger partial charge in [0.05, 0.1) is 4.88 Å². The summed E-state index contributed by atoms with van der Waals surface area (Å²) in [6.07, 6.45) is 1.76. The molecule has 4 nitrogen and oxygen atoms in total. The summed E-state index contributed by atoms with van der Waals surface area (Å²) in [7, 11) is 0. The molecule has 0 bridgehead atoms. The molecule has 1 aromatic carbocycles. The van der Waals surface area contributed by atoms with E-state index in [2.05, 4.69) is 10.4 Å². The van der Waals surface area contributed by atoms with Gasteiger partial charge in [0.1, 0.15) is 12.4 Å². The first-order valence-corrected chi connectivity index (χ1v) is 5.70. The van der Waals surface area contributed by atoms with Crippen LogP contribution >= 0.6 is 11.3 Å². The van der Waals surface area contributed by atoms with Gasteiger partial charge in [-0.2, -0.15) is 0 Å². The molecule has 0 saturated carbocycles. The summed E-state index contributed by atoms with van der Waals surface area (Å²) in [5.41, 5.74) is 3.69. The van der Waals surface area contributed by atoms with E-state index >= 15 is 0 Å². The van der Waals surface area contributed by atoms with Crippen LogP contribution in [0.3, 0.4) is 0 Å². The van der Waals surface area contributed by atoms with Crippen molar-refractivity contribution in [3.8, 4) is 5.75 Å². The third kappa shape index (κ3) is 2.71. The van der Waals surface area contributed by atoms with Gasteiger partial charge in [-0.25, -0.2) is 10.8 Å². The van der Waals surface area contributed by atoms with Gasteiger partial charge in [0.2, 0.25) is 0 Å². The minimum atomic E-state index is 0.517. The lowest BCUT2D eigenvalue weighted by Crippen LogP contribution is -2.05. The summed E-state index contributed by atoms with van der Waals surface area (Å²) in [6, 6.07) is 7.96. The molecule has 1 heterocycles. The quantitative estimate of drug-likeness (QED) is 0.630. The van der Waals surface area contributed by atoms with Gasteiger partial charge in [-0.3, -0.25) is 5.43 Å². The molecule has 5 heteroatoms. The van der Waals surface area contributed by atoms with E-state index < -0.39 is 0 Å². The predicted molar refractivity (Wildman–Crippen MR) is 65.4 cm³/mol. The maximum absolute atomic E-state index is 5.63. The van der Waals surface area contributed by atoms with Crippen molar-refractivity contribution in [2.75, 3.05) is 5.43 Å². The lowest BCUT2D eigenvalue weighted by molar-refractivity contribution is 0.309. The molecular weight excluding hydrogens is 222 g/mol. The molecule has 0 radical (unpaired) electrons. The van der Waals surface area contributed by atoms with Gasteiger partial charge in [0, 0.05) is 6.20 Å². The Hall–Kier alpha value is -1.59. The number of aryl methyl sites for hydroxylation is 1. The number of nitrogens with zero attached hydrogens (tertiary/aromatic N) is 1. The Kier molecular flexibility index (Phi) is 3.38. The van der Waals surface area contributed by atoms with Crippen LogP contribution in [0.4, 0.5) is 5.13 Å². The lowest BCUT2D eigenvalue weighted by Gasteiger charge is -2.04. The second-order valence-electron chi connectivity index (χ2n) is 3.38. The van der Waals surface area contributed by atoms with Gasteiger partial charge in [0.25, 0.3) is 0 Å². The highest BCUT2D eigenvalue weighted by molar-refractivity contribution is 7.15. The molecule has 0 fully saturated rings. The second kappa shape index (κ2) is 4.96. The predicted octanol–water partition coefficient (Wildman–Crippen LogP) is 2.32. The van der Waals surface area contributed by atoms with Gasteiger partial charge < -0.3 is 4.74 Å². The number of ether oxygens (including phenoxy) is 1. The largest absolute Gasteiger partial charge is 0.488 e. The Morgan fingerprint density at radius 1 is 1.50 bits per heavy atom. The van der Waals surface area contributed by atoms with Crippen LogP contribution < -0.4 is 16.0 Å². The SMILES string of the molecule is Cc1cccc(OCc2cnc(NN)s2)c1. The van der Waals surface area contributed by atoms with Crippen LogP contribution in [0.1, 0.15) is 10.4 Å². The molecule has 0 aliphatic rings. The van der Waals surface area contributed by atoms with Crippen molar-refractivity contribution in [2.24, 2.45) is 5.84 Å². The smallest absolute Gasteiger partial charge is 0.197 e. The van der Waals surface area contributed by atoms with E-state index in [-0.39, 0.29) is 0 Å². The number of thiazole rings is 1. The highest BCUT2D eigenvalue weighted by Crippen LogP contribution is 2.20. The minimum absolute atomic E-state index is 0.517. The molecule has 0 atom stereocenters. The monoisotopic (exact) mass is 235 g/mol. The zero-order valence-electron chi connectivity index (χ0n) is 8.93. The Balaban J connectivity index is 1.96. The van der Waals surface area contributed by atoms with Crippen molar-refractivity contribution in [1.82, 2.24) is 4.98 Å². The minimum Gasteiger partial charge on any atom is -0.488 e. The van der Waals surface area contributed by atoms with E-state index in [1.165, 1.54) is 16.9 Å². The topological polar surface area (TPSA) is 60.2 Å². The van der Waals surface area contributed by atoms with Crippen molar-refractivity contribution in [3.05, 3.63) is 40.9 Å². The number of nitrogens with two attached hydrogens (primary N) is 1. The first-order chi connectivity index (χ1) is 7.78. The van der Waals surface area contributed by atoms with E-state index in [1.54, 1.807) is 6.20 Å². The normalized spacial score (nSPS) is 10.1. The van der Waals surface area contributed by atoms with Crippen LogP contribution in [0, 0.1) is 6.92 Å². The number of benzene rings is 1. The zero-order chi connectivity index (χ0) is 11.4. The van der Waals surface area contributed by atoms with Crippen LogP contribution in [0.5, 0.6) is 5.75 Å². The summed E-state index contributed by atoms with van der Waals surface area (Å²) in [5, 5.41) is 0.697. The molecule has 2 rings (SSSR count). The zero-order valence-corrected chi connectivity index (χ0v) is 9.75. The van der Waals surface area contributed by atoms with Crippen LogP contribution in [0.2, 0.25) is 0 Å². The van der Waals surface area contributed by atoms with Crippen LogP contribution in [0.25, 0.3) is 0 Å². The van der Waals surface area contributed by atoms with Gasteiger partial charge >= 0.3 is 0 Å². The van der Waals surface area contributed by atoms with Crippen molar-refractivity contribution in [1.29, 1.82) is 0 Å². The molecule has 0 aliphatic carbocycles. The molecule has 1 aromatic heterocycles. The number of aromatic nitrogens is 1. The second-order valence-corrected chi connectivity index (χ2v) is 4.50. The van der Waals surface area contributed by atoms with Crippen molar-refractivity contribution < 1.29 is 4.74 Å². The highest BCUT2D eigenvalue weighted by atomic mass is 32.1. The number of anilines is 1.